The quantitative estimate of drug-likeness (QED) is 0.765. The fraction of sp³-hybridized carbons (Fsp3) is 0.154. The number of rotatable bonds is 1. The molecule has 96 valence electrons. The SMILES string of the molecule is COC(=O)C1=C(N)c2ccc3ccnnc3c2CO1. The highest BCUT2D eigenvalue weighted by Gasteiger charge is 2.25. The highest BCUT2D eigenvalue weighted by molar-refractivity contribution is 5.98. The van der Waals surface area contributed by atoms with Gasteiger partial charge < -0.3 is 15.2 Å². The van der Waals surface area contributed by atoms with E-state index in [1.54, 1.807) is 6.20 Å². The molecule has 19 heavy (non-hydrogen) atoms. The van der Waals surface area contributed by atoms with Crippen molar-refractivity contribution in [2.24, 2.45) is 5.73 Å². The number of esters is 1. The van der Waals surface area contributed by atoms with Crippen molar-refractivity contribution in [3.63, 3.8) is 0 Å². The number of fused-ring (bicyclic) bond motifs is 3. The van der Waals surface area contributed by atoms with Gasteiger partial charge in [0.2, 0.25) is 5.76 Å². The molecule has 0 aliphatic carbocycles. The third kappa shape index (κ3) is 1.69. The Bertz CT molecular complexity index is 709. The minimum atomic E-state index is -0.581. The first-order chi connectivity index (χ1) is 9.22. The van der Waals surface area contributed by atoms with E-state index in [1.807, 2.05) is 18.2 Å². The summed E-state index contributed by atoms with van der Waals surface area (Å²) in [5, 5.41) is 8.91. The summed E-state index contributed by atoms with van der Waals surface area (Å²) >= 11 is 0. The first-order valence-electron chi connectivity index (χ1n) is 5.67. The Hall–Kier alpha value is -2.63. The molecule has 0 bridgehead atoms. The Labute approximate surface area is 108 Å². The molecular weight excluding hydrogens is 246 g/mol. The molecule has 6 nitrogen and oxygen atoms in total. The second-order valence-corrected chi connectivity index (χ2v) is 4.08. The van der Waals surface area contributed by atoms with Crippen LogP contribution in [0.4, 0.5) is 0 Å². The lowest BCUT2D eigenvalue weighted by Crippen LogP contribution is -2.20. The van der Waals surface area contributed by atoms with Crippen LogP contribution in [0.15, 0.2) is 30.2 Å². The van der Waals surface area contributed by atoms with Crippen LogP contribution in [0, 0.1) is 0 Å². The number of hydrogen-bond acceptors (Lipinski definition) is 6. The highest BCUT2D eigenvalue weighted by atomic mass is 16.6. The second kappa shape index (κ2) is 4.24. The summed E-state index contributed by atoms with van der Waals surface area (Å²) in [6.07, 6.45) is 1.62. The highest BCUT2D eigenvalue weighted by Crippen LogP contribution is 2.31. The molecular formula is C13H11N3O3. The van der Waals surface area contributed by atoms with Gasteiger partial charge in [0.15, 0.2) is 0 Å². The molecule has 3 rings (SSSR count). The maximum atomic E-state index is 11.5. The van der Waals surface area contributed by atoms with Crippen molar-refractivity contribution >= 4 is 22.6 Å². The number of methoxy groups -OCH3 is 1. The normalized spacial score (nSPS) is 13.9. The number of hydrogen-bond donors (Lipinski definition) is 1. The minimum absolute atomic E-state index is 0.0400. The largest absolute Gasteiger partial charge is 0.480 e. The fourth-order valence-corrected chi connectivity index (χ4v) is 2.12. The van der Waals surface area contributed by atoms with Gasteiger partial charge in [0.25, 0.3) is 0 Å². The van der Waals surface area contributed by atoms with E-state index in [1.165, 1.54) is 7.11 Å². The number of aromatic nitrogens is 2. The molecule has 1 aromatic heterocycles. The zero-order valence-corrected chi connectivity index (χ0v) is 10.2. The number of carbonyl (C=O) groups is 1. The second-order valence-electron chi connectivity index (χ2n) is 4.08. The molecule has 6 heteroatoms. The molecule has 0 saturated carbocycles. The van der Waals surface area contributed by atoms with Gasteiger partial charge in [0.1, 0.15) is 12.1 Å². The maximum absolute atomic E-state index is 11.5. The predicted octanol–water partition coefficient (Wildman–Crippen LogP) is 0.960. The van der Waals surface area contributed by atoms with E-state index in [-0.39, 0.29) is 18.1 Å². The Kier molecular flexibility index (Phi) is 2.56. The zero-order chi connectivity index (χ0) is 13.4. The maximum Gasteiger partial charge on any atom is 0.375 e. The van der Waals surface area contributed by atoms with E-state index in [9.17, 15) is 4.79 Å². The molecule has 0 saturated heterocycles. The Balaban J connectivity index is 2.24. The van der Waals surface area contributed by atoms with Crippen molar-refractivity contribution in [2.45, 2.75) is 6.61 Å². The molecule has 2 aromatic rings. The van der Waals surface area contributed by atoms with Crippen molar-refractivity contribution in [1.29, 1.82) is 0 Å². The van der Waals surface area contributed by atoms with Gasteiger partial charge in [0.05, 0.1) is 19.0 Å². The molecule has 1 aliphatic rings. The first kappa shape index (κ1) is 11.5. The number of nitrogens with two attached hydrogens (primary N) is 1. The van der Waals surface area contributed by atoms with Crippen LogP contribution in [0.25, 0.3) is 16.6 Å². The van der Waals surface area contributed by atoms with Gasteiger partial charge in [-0.25, -0.2) is 4.79 Å². The fourth-order valence-electron chi connectivity index (χ4n) is 2.12. The van der Waals surface area contributed by atoms with Gasteiger partial charge in [-0.1, -0.05) is 12.1 Å². The van der Waals surface area contributed by atoms with Crippen LogP contribution in [0.1, 0.15) is 11.1 Å². The van der Waals surface area contributed by atoms with Crippen LogP contribution >= 0.6 is 0 Å². The van der Waals surface area contributed by atoms with Crippen LogP contribution in [0.3, 0.4) is 0 Å². The zero-order valence-electron chi connectivity index (χ0n) is 10.2. The number of benzene rings is 1. The van der Waals surface area contributed by atoms with Crippen LogP contribution < -0.4 is 5.73 Å². The van der Waals surface area contributed by atoms with E-state index in [0.717, 1.165) is 22.0 Å². The van der Waals surface area contributed by atoms with E-state index in [2.05, 4.69) is 14.9 Å². The standard InChI is InChI=1S/C13H11N3O3/c1-18-13(17)12-10(14)8-3-2-7-4-5-15-16-11(7)9(8)6-19-12/h2-5H,6,14H2,1H3. The monoisotopic (exact) mass is 257 g/mol. The lowest BCUT2D eigenvalue weighted by Gasteiger charge is -2.21. The topological polar surface area (TPSA) is 87.3 Å². The van der Waals surface area contributed by atoms with Crippen LogP contribution in [-0.2, 0) is 20.9 Å². The molecule has 2 heterocycles. The summed E-state index contributed by atoms with van der Waals surface area (Å²) in [7, 11) is 1.29. The Morgan fingerprint density at radius 3 is 3.05 bits per heavy atom. The van der Waals surface area contributed by atoms with Crippen molar-refractivity contribution in [3.05, 3.63) is 41.3 Å². The van der Waals surface area contributed by atoms with Crippen LogP contribution in [0.2, 0.25) is 0 Å². The van der Waals surface area contributed by atoms with Gasteiger partial charge >= 0.3 is 5.97 Å². The molecule has 0 spiro atoms. The third-order valence-electron chi connectivity index (χ3n) is 3.06. The molecule has 0 unspecified atom stereocenters. The Morgan fingerprint density at radius 1 is 1.42 bits per heavy atom. The van der Waals surface area contributed by atoms with E-state index >= 15 is 0 Å². The predicted molar refractivity (Wildman–Crippen MR) is 67.5 cm³/mol. The lowest BCUT2D eigenvalue weighted by molar-refractivity contribution is -0.140. The summed E-state index contributed by atoms with van der Waals surface area (Å²) in [4.78, 5) is 11.5. The summed E-state index contributed by atoms with van der Waals surface area (Å²) in [6.45, 7) is 0.219. The van der Waals surface area contributed by atoms with Crippen molar-refractivity contribution < 1.29 is 14.3 Å². The number of nitrogens with zero attached hydrogens (tertiary/aromatic N) is 2. The molecule has 0 radical (unpaired) electrons. The van der Waals surface area contributed by atoms with Gasteiger partial charge in [-0.15, -0.1) is 0 Å². The lowest BCUT2D eigenvalue weighted by atomic mass is 9.99. The number of ether oxygens (including phenoxy) is 2. The van der Waals surface area contributed by atoms with Gasteiger partial charge in [-0.05, 0) is 6.07 Å². The summed E-state index contributed by atoms with van der Waals surface area (Å²) < 4.78 is 10.0. The Morgan fingerprint density at radius 2 is 2.26 bits per heavy atom. The number of carbonyl (C=O) groups excluding carboxylic acids is 1. The van der Waals surface area contributed by atoms with E-state index in [0.29, 0.717) is 0 Å². The van der Waals surface area contributed by atoms with Crippen LogP contribution in [0.5, 0.6) is 0 Å². The van der Waals surface area contributed by atoms with Gasteiger partial charge in [-0.3, -0.25) is 0 Å². The minimum Gasteiger partial charge on any atom is -0.480 e. The molecule has 0 atom stereocenters. The van der Waals surface area contributed by atoms with E-state index in [4.69, 9.17) is 10.5 Å². The van der Waals surface area contributed by atoms with Gasteiger partial charge in [-0.2, -0.15) is 10.2 Å². The average Bonchev–Trinajstić information content (AvgIpc) is 2.46. The van der Waals surface area contributed by atoms with Crippen molar-refractivity contribution in [1.82, 2.24) is 10.2 Å². The molecule has 1 aromatic carbocycles. The summed E-state index contributed by atoms with van der Waals surface area (Å²) in [5.41, 5.74) is 8.52. The smallest absolute Gasteiger partial charge is 0.375 e. The summed E-state index contributed by atoms with van der Waals surface area (Å²) in [5.74, 6) is -0.541. The molecule has 2 N–H and O–H groups in total. The summed E-state index contributed by atoms with van der Waals surface area (Å²) in [6, 6.07) is 5.59. The van der Waals surface area contributed by atoms with E-state index < -0.39 is 5.97 Å². The molecule has 0 fully saturated rings. The molecule has 1 aliphatic heterocycles. The molecule has 0 amide bonds. The third-order valence-corrected chi connectivity index (χ3v) is 3.06. The van der Waals surface area contributed by atoms with Crippen molar-refractivity contribution in [2.75, 3.05) is 7.11 Å². The van der Waals surface area contributed by atoms with Crippen LogP contribution in [-0.4, -0.2) is 23.3 Å². The average molecular weight is 257 g/mol. The first-order valence-corrected chi connectivity index (χ1v) is 5.67. The van der Waals surface area contributed by atoms with Crippen molar-refractivity contribution in [3.8, 4) is 0 Å². The van der Waals surface area contributed by atoms with Gasteiger partial charge in [0, 0.05) is 16.5 Å².